The Morgan fingerprint density at radius 3 is 1.23 bits per heavy atom. The Bertz CT molecular complexity index is 4280. The van der Waals surface area contributed by atoms with Crippen LogP contribution in [0, 0.1) is 5.92 Å². The fourth-order valence-electron chi connectivity index (χ4n) is 13.4. The minimum absolute atomic E-state index is 0.177. The van der Waals surface area contributed by atoms with Crippen molar-refractivity contribution in [2.45, 2.75) is 11.3 Å². The Labute approximate surface area is 446 Å². The zero-order chi connectivity index (χ0) is 50.6. The van der Waals surface area contributed by atoms with Crippen LogP contribution in [-0.2, 0) is 5.41 Å². The van der Waals surface area contributed by atoms with E-state index < -0.39 is 5.41 Å². The molecule has 0 fully saturated rings. The number of furan rings is 2. The van der Waals surface area contributed by atoms with Gasteiger partial charge in [-0.25, -0.2) is 0 Å². The van der Waals surface area contributed by atoms with Gasteiger partial charge >= 0.3 is 0 Å². The molecule has 4 nitrogen and oxygen atoms in total. The molecule has 0 saturated heterocycles. The van der Waals surface area contributed by atoms with Gasteiger partial charge in [-0.2, -0.15) is 0 Å². The molecule has 362 valence electrons. The summed E-state index contributed by atoms with van der Waals surface area (Å²) in [5, 5.41) is 4.43. The topological polar surface area (TPSA) is 32.8 Å². The van der Waals surface area contributed by atoms with E-state index in [9.17, 15) is 0 Å². The van der Waals surface area contributed by atoms with Crippen molar-refractivity contribution in [3.05, 3.63) is 301 Å². The lowest BCUT2D eigenvalue weighted by Gasteiger charge is -2.36. The van der Waals surface area contributed by atoms with Crippen LogP contribution in [0.4, 0.5) is 34.1 Å². The summed E-state index contributed by atoms with van der Waals surface area (Å²) in [7, 11) is 0. The minimum Gasteiger partial charge on any atom is -0.456 e. The zero-order valence-electron chi connectivity index (χ0n) is 41.9. The smallest absolute Gasteiger partial charge is 0.137 e. The average Bonchev–Trinajstić information content (AvgIpc) is 4.42. The number of nitrogens with zero attached hydrogens (tertiary/aromatic N) is 2. The summed E-state index contributed by atoms with van der Waals surface area (Å²) in [4.78, 5) is 4.79. The molecule has 4 heteroatoms. The van der Waals surface area contributed by atoms with E-state index in [0.29, 0.717) is 0 Å². The molecule has 77 heavy (non-hydrogen) atoms. The van der Waals surface area contributed by atoms with E-state index in [1.54, 1.807) is 0 Å². The van der Waals surface area contributed by atoms with Crippen LogP contribution in [0.25, 0.3) is 77.3 Å². The van der Waals surface area contributed by atoms with Crippen LogP contribution in [0.1, 0.15) is 28.2 Å². The summed E-state index contributed by atoms with van der Waals surface area (Å²) < 4.78 is 13.2. The fourth-order valence-corrected chi connectivity index (χ4v) is 13.4. The predicted octanol–water partition coefficient (Wildman–Crippen LogP) is 19.9. The molecule has 2 atom stereocenters. The van der Waals surface area contributed by atoms with Crippen molar-refractivity contribution in [3.8, 4) is 33.4 Å². The average molecular weight is 985 g/mol. The molecule has 0 N–H and O–H groups in total. The van der Waals surface area contributed by atoms with Crippen LogP contribution in [0.2, 0.25) is 0 Å². The lowest BCUT2D eigenvalue weighted by atomic mass is 9.65. The molecule has 13 aromatic rings. The highest BCUT2D eigenvalue weighted by atomic mass is 16.3. The number of hydrogen-bond acceptors (Lipinski definition) is 4. The Morgan fingerprint density at radius 2 is 0.701 bits per heavy atom. The van der Waals surface area contributed by atoms with Gasteiger partial charge in [0.25, 0.3) is 0 Å². The first-order chi connectivity index (χ1) is 38.2. The second kappa shape index (κ2) is 17.1. The van der Waals surface area contributed by atoms with E-state index in [1.807, 2.05) is 12.1 Å². The van der Waals surface area contributed by atoms with Crippen LogP contribution >= 0.6 is 0 Å². The largest absolute Gasteiger partial charge is 0.456 e. The lowest BCUT2D eigenvalue weighted by molar-refractivity contribution is 0.465. The van der Waals surface area contributed by atoms with Gasteiger partial charge in [0.15, 0.2) is 0 Å². The van der Waals surface area contributed by atoms with Gasteiger partial charge < -0.3 is 18.6 Å². The molecule has 16 rings (SSSR count). The number of rotatable bonds is 8. The quantitative estimate of drug-likeness (QED) is 0.152. The van der Waals surface area contributed by atoms with Crippen molar-refractivity contribution in [1.82, 2.24) is 0 Å². The van der Waals surface area contributed by atoms with E-state index in [1.165, 1.54) is 55.6 Å². The van der Waals surface area contributed by atoms with Crippen molar-refractivity contribution < 1.29 is 8.83 Å². The predicted molar refractivity (Wildman–Crippen MR) is 318 cm³/mol. The van der Waals surface area contributed by atoms with Crippen molar-refractivity contribution in [2.75, 3.05) is 9.80 Å². The molecule has 2 unspecified atom stereocenters. The Hall–Kier alpha value is -9.90. The number of anilines is 6. The molecule has 11 aromatic carbocycles. The molecule has 0 aliphatic heterocycles. The van der Waals surface area contributed by atoms with E-state index in [2.05, 4.69) is 277 Å². The van der Waals surface area contributed by atoms with Crippen LogP contribution < -0.4 is 9.80 Å². The van der Waals surface area contributed by atoms with Gasteiger partial charge in [-0.05, 0) is 141 Å². The first kappa shape index (κ1) is 43.5. The molecular weight excluding hydrogens is 937 g/mol. The Kier molecular flexibility index (Phi) is 9.64. The second-order valence-electron chi connectivity index (χ2n) is 20.7. The summed E-state index contributed by atoms with van der Waals surface area (Å²) in [5.41, 5.74) is 21.9. The van der Waals surface area contributed by atoms with Crippen LogP contribution in [-0.4, -0.2) is 0 Å². The minimum atomic E-state index is -0.436. The molecule has 0 saturated carbocycles. The first-order valence-electron chi connectivity index (χ1n) is 26.6. The molecule has 0 bridgehead atoms. The van der Waals surface area contributed by atoms with Gasteiger partial charge in [-0.3, -0.25) is 0 Å². The summed E-state index contributed by atoms with van der Waals surface area (Å²) in [6, 6.07) is 92.8. The monoisotopic (exact) mass is 984 g/mol. The fraction of sp³-hybridized carbons (Fsp3) is 0.0411. The van der Waals surface area contributed by atoms with E-state index in [-0.39, 0.29) is 11.8 Å². The summed E-state index contributed by atoms with van der Waals surface area (Å²) in [6.07, 6.45) is 9.39. The van der Waals surface area contributed by atoms with E-state index in [4.69, 9.17) is 8.83 Å². The molecule has 0 radical (unpaired) electrons. The number of fused-ring (bicyclic) bond motifs is 16. The van der Waals surface area contributed by atoms with E-state index in [0.717, 1.165) is 78.0 Å². The third-order valence-electron chi connectivity index (χ3n) is 16.7. The second-order valence-corrected chi connectivity index (χ2v) is 20.7. The maximum Gasteiger partial charge on any atom is 0.137 e. The zero-order valence-corrected chi connectivity index (χ0v) is 41.9. The first-order valence-corrected chi connectivity index (χ1v) is 26.6. The molecular formula is C73H48N2O2. The van der Waals surface area contributed by atoms with Crippen molar-refractivity contribution in [3.63, 3.8) is 0 Å². The molecule has 2 aromatic heterocycles. The van der Waals surface area contributed by atoms with Gasteiger partial charge in [0.05, 0.1) is 5.41 Å². The van der Waals surface area contributed by atoms with Crippen molar-refractivity contribution in [2.24, 2.45) is 5.92 Å². The highest BCUT2D eigenvalue weighted by Gasteiger charge is 2.57. The normalized spacial score (nSPS) is 15.5. The SMILES string of the molecule is C1=CC2c3ccccc3C3(c4ccc(N(c5ccc(-c6ccccc6)cc5)c5ccc6c(c5)oc5ccccc56)cc4-c4cc(N(c5ccc(-c6ccccc6)cc5)c5ccc6c(c5)oc5ccccc56)ccc43)C2C=C1. The Balaban J connectivity index is 0.919. The van der Waals surface area contributed by atoms with Crippen molar-refractivity contribution >= 4 is 78.0 Å². The third-order valence-corrected chi connectivity index (χ3v) is 16.7. The van der Waals surface area contributed by atoms with Gasteiger partial charge in [-0.15, -0.1) is 0 Å². The van der Waals surface area contributed by atoms with Gasteiger partial charge in [0.1, 0.15) is 22.3 Å². The van der Waals surface area contributed by atoms with E-state index >= 15 is 0 Å². The molecule has 3 aliphatic rings. The summed E-state index contributed by atoms with van der Waals surface area (Å²) in [5.74, 6) is 0.413. The standard InChI is InChI=1S/C73H48N2O2/c1-3-15-47(16-4-1)49-27-31-51(32-28-49)74(55-35-39-61-59-21-9-13-25-69(59)76-71(61)45-55)53-37-41-67-63(43-53)64-44-54(38-42-68(64)73(67)65-23-11-7-19-57(65)58-20-8-12-24-66(58)73)75(52-33-29-50(30-34-52)48-17-5-2-6-18-48)56-36-40-62-60-22-10-14-26-70(60)77-72(62)46-56/h1-46,57,65H. The number of allylic oxidation sites excluding steroid dienone is 4. The maximum atomic E-state index is 6.59. The molecule has 2 heterocycles. The molecule has 3 aliphatic carbocycles. The lowest BCUT2D eigenvalue weighted by Crippen LogP contribution is -2.33. The number of hydrogen-bond donors (Lipinski definition) is 0. The van der Waals surface area contributed by atoms with Gasteiger partial charge in [0, 0.05) is 79.6 Å². The molecule has 1 spiro atoms. The maximum absolute atomic E-state index is 6.59. The summed E-state index contributed by atoms with van der Waals surface area (Å²) in [6.45, 7) is 0. The third kappa shape index (κ3) is 6.65. The highest BCUT2D eigenvalue weighted by Crippen LogP contribution is 2.66. The highest BCUT2D eigenvalue weighted by molar-refractivity contribution is 6.07. The molecule has 0 amide bonds. The summed E-state index contributed by atoms with van der Waals surface area (Å²) >= 11 is 0. The van der Waals surface area contributed by atoms with Crippen LogP contribution in [0.15, 0.2) is 288 Å². The van der Waals surface area contributed by atoms with Gasteiger partial charge in [-0.1, -0.05) is 182 Å². The van der Waals surface area contributed by atoms with Crippen LogP contribution in [0.5, 0.6) is 0 Å². The Morgan fingerprint density at radius 1 is 0.299 bits per heavy atom. The van der Waals surface area contributed by atoms with Crippen molar-refractivity contribution in [1.29, 1.82) is 0 Å². The van der Waals surface area contributed by atoms with Crippen LogP contribution in [0.3, 0.4) is 0 Å². The number of benzene rings is 11. The number of para-hydroxylation sites is 2. The van der Waals surface area contributed by atoms with Gasteiger partial charge in [0.2, 0.25) is 0 Å².